The van der Waals surface area contributed by atoms with Gasteiger partial charge in [-0.2, -0.15) is 0 Å². The van der Waals surface area contributed by atoms with Crippen molar-refractivity contribution in [2.45, 2.75) is 6.61 Å². The third-order valence-electron chi connectivity index (χ3n) is 4.39. The number of benzene rings is 2. The zero-order chi connectivity index (χ0) is 18.1. The van der Waals surface area contributed by atoms with Gasteiger partial charge in [0.2, 0.25) is 0 Å². The summed E-state index contributed by atoms with van der Waals surface area (Å²) in [5.74, 6) is 1.70. The Labute approximate surface area is 162 Å². The Morgan fingerprint density at radius 2 is 1.85 bits per heavy atom. The van der Waals surface area contributed by atoms with E-state index in [4.69, 9.17) is 21.1 Å². The highest BCUT2D eigenvalue weighted by atomic mass is 35.5. The topological polar surface area (TPSA) is 21.7 Å². The van der Waals surface area contributed by atoms with E-state index in [1.54, 1.807) is 11.3 Å². The van der Waals surface area contributed by atoms with Crippen molar-refractivity contribution in [2.75, 3.05) is 27.2 Å². The third kappa shape index (κ3) is 3.38. The van der Waals surface area contributed by atoms with E-state index >= 15 is 0 Å². The number of ether oxygens (including phenoxy) is 2. The van der Waals surface area contributed by atoms with Crippen molar-refractivity contribution in [3.05, 3.63) is 57.7 Å². The molecule has 0 unspecified atom stereocenters. The van der Waals surface area contributed by atoms with Crippen LogP contribution in [0.25, 0.3) is 22.3 Å². The smallest absolute Gasteiger partial charge is 0.135 e. The van der Waals surface area contributed by atoms with Crippen LogP contribution in [0.3, 0.4) is 0 Å². The molecule has 0 spiro atoms. The number of hydrogen-bond donors (Lipinski definition) is 0. The van der Waals surface area contributed by atoms with E-state index in [0.29, 0.717) is 18.2 Å². The predicted molar refractivity (Wildman–Crippen MR) is 108 cm³/mol. The van der Waals surface area contributed by atoms with E-state index < -0.39 is 0 Å². The lowest BCUT2D eigenvalue weighted by Gasteiger charge is -2.11. The number of nitrogens with zero attached hydrogens (tertiary/aromatic N) is 1. The molecule has 0 fully saturated rings. The molecule has 0 radical (unpaired) electrons. The van der Waals surface area contributed by atoms with Gasteiger partial charge in [-0.05, 0) is 43.7 Å². The lowest BCUT2D eigenvalue weighted by Crippen LogP contribution is -2.17. The number of likely N-dealkylation sites (N-methyl/N-ethyl adjacent to an activating group) is 1. The molecule has 0 amide bonds. The molecule has 1 aromatic heterocycles. The normalized spacial score (nSPS) is 12.2. The van der Waals surface area contributed by atoms with Gasteiger partial charge in [0.05, 0.1) is 13.2 Å². The second-order valence-electron chi connectivity index (χ2n) is 6.54. The van der Waals surface area contributed by atoms with Crippen LogP contribution in [-0.4, -0.2) is 32.1 Å². The molecule has 0 saturated heterocycles. The van der Waals surface area contributed by atoms with Crippen molar-refractivity contribution in [1.82, 2.24) is 4.90 Å². The Bertz CT molecular complexity index is 936. The van der Waals surface area contributed by atoms with E-state index in [2.05, 4.69) is 30.4 Å². The van der Waals surface area contributed by atoms with Crippen LogP contribution in [0.15, 0.2) is 47.8 Å². The van der Waals surface area contributed by atoms with Gasteiger partial charge in [-0.1, -0.05) is 29.8 Å². The average Bonchev–Trinajstić information content (AvgIpc) is 2.98. The molecule has 4 rings (SSSR count). The second kappa shape index (κ2) is 7.41. The van der Waals surface area contributed by atoms with Gasteiger partial charge < -0.3 is 14.4 Å². The molecule has 134 valence electrons. The van der Waals surface area contributed by atoms with E-state index in [9.17, 15) is 0 Å². The Morgan fingerprint density at radius 1 is 1.04 bits per heavy atom. The first kappa shape index (κ1) is 17.6. The highest BCUT2D eigenvalue weighted by Gasteiger charge is 2.24. The maximum absolute atomic E-state index is 6.27. The monoisotopic (exact) mass is 385 g/mol. The molecule has 1 aliphatic heterocycles. The van der Waals surface area contributed by atoms with Gasteiger partial charge in [-0.25, -0.2) is 0 Å². The minimum absolute atomic E-state index is 0.595. The van der Waals surface area contributed by atoms with E-state index in [-0.39, 0.29) is 0 Å². The van der Waals surface area contributed by atoms with Gasteiger partial charge in [-0.3, -0.25) is 0 Å². The highest BCUT2D eigenvalue weighted by Crippen LogP contribution is 2.50. The Morgan fingerprint density at radius 3 is 2.69 bits per heavy atom. The number of hydrogen-bond acceptors (Lipinski definition) is 4. The summed E-state index contributed by atoms with van der Waals surface area (Å²) in [7, 11) is 4.10. The average molecular weight is 386 g/mol. The zero-order valence-corrected chi connectivity index (χ0v) is 16.4. The standard InChI is InChI=1S/C21H20ClNO2S/c1-23(2)9-10-24-12-20-21-15-5-3-4-6-18(15)25-19-8-7-14(22)11-16(19)17(21)13-26-20/h3-8,11,13H,9-10,12H2,1-2H3. The van der Waals surface area contributed by atoms with Crippen molar-refractivity contribution in [3.63, 3.8) is 0 Å². The molecule has 26 heavy (non-hydrogen) atoms. The minimum atomic E-state index is 0.595. The molecule has 0 atom stereocenters. The van der Waals surface area contributed by atoms with E-state index in [1.165, 1.54) is 10.4 Å². The Hall–Kier alpha value is -1.85. The van der Waals surface area contributed by atoms with E-state index in [0.717, 1.165) is 34.7 Å². The molecule has 0 aliphatic carbocycles. The molecule has 3 nitrogen and oxygen atoms in total. The summed E-state index contributed by atoms with van der Waals surface area (Å²) in [4.78, 5) is 3.33. The Balaban J connectivity index is 1.77. The van der Waals surface area contributed by atoms with Gasteiger partial charge in [0, 0.05) is 38.7 Å². The van der Waals surface area contributed by atoms with Crippen LogP contribution >= 0.6 is 22.9 Å². The van der Waals surface area contributed by atoms with Crippen LogP contribution in [0, 0.1) is 0 Å². The summed E-state index contributed by atoms with van der Waals surface area (Å²) in [6, 6.07) is 13.9. The number of para-hydroxylation sites is 1. The summed E-state index contributed by atoms with van der Waals surface area (Å²) >= 11 is 7.99. The van der Waals surface area contributed by atoms with Crippen LogP contribution in [0.2, 0.25) is 5.02 Å². The second-order valence-corrected chi connectivity index (χ2v) is 7.94. The van der Waals surface area contributed by atoms with Crippen LogP contribution in [0.4, 0.5) is 0 Å². The highest BCUT2D eigenvalue weighted by molar-refractivity contribution is 7.11. The molecule has 3 aromatic rings. The molecule has 0 N–H and O–H groups in total. The van der Waals surface area contributed by atoms with Crippen molar-refractivity contribution in [1.29, 1.82) is 0 Å². The van der Waals surface area contributed by atoms with Gasteiger partial charge in [0.1, 0.15) is 11.5 Å². The first-order chi connectivity index (χ1) is 12.6. The molecular weight excluding hydrogens is 366 g/mol. The molecule has 0 saturated carbocycles. The van der Waals surface area contributed by atoms with Gasteiger partial charge in [0.15, 0.2) is 0 Å². The fourth-order valence-corrected chi connectivity index (χ4v) is 4.26. The molecule has 0 bridgehead atoms. The quantitative estimate of drug-likeness (QED) is 0.398. The first-order valence-electron chi connectivity index (χ1n) is 8.53. The largest absolute Gasteiger partial charge is 0.456 e. The number of halogens is 1. The molecule has 5 heteroatoms. The Kier molecular flexibility index (Phi) is 5.00. The van der Waals surface area contributed by atoms with Gasteiger partial charge >= 0.3 is 0 Å². The first-order valence-corrected chi connectivity index (χ1v) is 9.79. The summed E-state index contributed by atoms with van der Waals surface area (Å²) < 4.78 is 12.1. The summed E-state index contributed by atoms with van der Waals surface area (Å²) in [6.45, 7) is 2.21. The van der Waals surface area contributed by atoms with Crippen molar-refractivity contribution in [2.24, 2.45) is 0 Å². The molecule has 2 heterocycles. The zero-order valence-electron chi connectivity index (χ0n) is 14.8. The number of rotatable bonds is 5. The van der Waals surface area contributed by atoms with Crippen molar-refractivity contribution >= 4 is 22.9 Å². The van der Waals surface area contributed by atoms with Crippen molar-refractivity contribution in [3.8, 4) is 33.8 Å². The summed E-state index contributed by atoms with van der Waals surface area (Å²) in [5.41, 5.74) is 4.47. The molecule has 1 aliphatic rings. The summed E-state index contributed by atoms with van der Waals surface area (Å²) in [6.07, 6.45) is 0. The minimum Gasteiger partial charge on any atom is -0.456 e. The molecule has 2 aromatic carbocycles. The fraction of sp³-hybridized carbons (Fsp3) is 0.238. The summed E-state index contributed by atoms with van der Waals surface area (Å²) in [5, 5.41) is 2.89. The molecular formula is C21H20ClNO2S. The van der Waals surface area contributed by atoms with Crippen molar-refractivity contribution < 1.29 is 9.47 Å². The third-order valence-corrected chi connectivity index (χ3v) is 5.59. The lowest BCUT2D eigenvalue weighted by molar-refractivity contribution is 0.107. The van der Waals surface area contributed by atoms with Crippen LogP contribution in [-0.2, 0) is 11.3 Å². The number of thiophene rings is 1. The van der Waals surface area contributed by atoms with Crippen LogP contribution in [0.1, 0.15) is 4.88 Å². The SMILES string of the molecule is CN(C)CCOCc1scc2c1-c1ccccc1Oc1ccc(Cl)cc1-2. The number of fused-ring (bicyclic) bond motifs is 5. The predicted octanol–water partition coefficient (Wildman–Crippen LogP) is 5.92. The maximum Gasteiger partial charge on any atom is 0.135 e. The lowest BCUT2D eigenvalue weighted by atomic mass is 9.97. The van der Waals surface area contributed by atoms with E-state index in [1.807, 2.05) is 36.4 Å². The van der Waals surface area contributed by atoms with Gasteiger partial charge in [-0.15, -0.1) is 11.3 Å². The van der Waals surface area contributed by atoms with Crippen LogP contribution in [0.5, 0.6) is 11.5 Å². The van der Waals surface area contributed by atoms with Gasteiger partial charge in [0.25, 0.3) is 0 Å². The maximum atomic E-state index is 6.27. The fourth-order valence-electron chi connectivity index (χ4n) is 3.09. The van der Waals surface area contributed by atoms with Crippen LogP contribution < -0.4 is 4.74 Å².